The fourth-order valence-corrected chi connectivity index (χ4v) is 8.60. The van der Waals surface area contributed by atoms with E-state index in [1.165, 1.54) is 0 Å². The van der Waals surface area contributed by atoms with E-state index in [2.05, 4.69) is 78.5 Å². The highest BCUT2D eigenvalue weighted by Crippen LogP contribution is 2.69. The molecule has 4 atom stereocenters. The molecule has 38 heavy (non-hydrogen) atoms. The molecule has 4 nitrogen and oxygen atoms in total. The van der Waals surface area contributed by atoms with Gasteiger partial charge in [0.05, 0.1) is 5.41 Å². The largest absolute Gasteiger partial charge is 0.324 e. The van der Waals surface area contributed by atoms with E-state index in [1.807, 2.05) is 42.5 Å². The van der Waals surface area contributed by atoms with E-state index in [0.29, 0.717) is 0 Å². The normalized spacial score (nSPS) is 31.3. The van der Waals surface area contributed by atoms with Gasteiger partial charge in [0.1, 0.15) is 5.54 Å². The molecule has 2 saturated heterocycles. The van der Waals surface area contributed by atoms with Gasteiger partial charge < -0.3 is 5.32 Å². The first-order chi connectivity index (χ1) is 18.5. The summed E-state index contributed by atoms with van der Waals surface area (Å²) in [4.78, 5) is 31.6. The number of ketones is 1. The number of hydrogen-bond donors (Lipinski definition) is 1. The van der Waals surface area contributed by atoms with E-state index >= 15 is 0 Å². The van der Waals surface area contributed by atoms with Crippen molar-refractivity contribution in [1.82, 2.24) is 4.90 Å². The molecule has 0 unspecified atom stereocenters. The smallest absolute Gasteiger partial charge is 0.250 e. The van der Waals surface area contributed by atoms with Gasteiger partial charge in [-0.2, -0.15) is 0 Å². The van der Waals surface area contributed by atoms with Gasteiger partial charge in [0.2, 0.25) is 5.91 Å². The Hall–Kier alpha value is -2.54. The minimum atomic E-state index is -0.901. The van der Waals surface area contributed by atoms with E-state index in [9.17, 15) is 9.59 Å². The first-order valence-corrected chi connectivity index (χ1v) is 15.0. The highest BCUT2D eigenvalue weighted by Gasteiger charge is 2.75. The average molecular weight is 632 g/mol. The van der Waals surface area contributed by atoms with Crippen molar-refractivity contribution < 1.29 is 9.59 Å². The molecular weight excluding hydrogens is 604 g/mol. The van der Waals surface area contributed by atoms with Gasteiger partial charge in [-0.25, -0.2) is 0 Å². The summed E-state index contributed by atoms with van der Waals surface area (Å²) in [6.45, 7) is 0.820. The summed E-state index contributed by atoms with van der Waals surface area (Å²) in [5, 5.41) is 3.23. The quantitative estimate of drug-likeness (QED) is 0.299. The Morgan fingerprint density at radius 2 is 1.61 bits per heavy atom. The van der Waals surface area contributed by atoms with Crippen LogP contribution in [0, 0.1) is 5.41 Å². The maximum atomic E-state index is 14.9. The predicted octanol–water partition coefficient (Wildman–Crippen LogP) is 7.44. The molecule has 0 bridgehead atoms. The number of benzene rings is 3. The van der Waals surface area contributed by atoms with E-state index in [-0.39, 0.29) is 23.7 Å². The van der Waals surface area contributed by atoms with Crippen LogP contribution >= 0.6 is 31.9 Å². The van der Waals surface area contributed by atoms with Crippen molar-refractivity contribution in [3.8, 4) is 0 Å². The standard InChI is InChI=1S/C32H28Br2N2O2/c33-23-13-9-20(10-14-23)19-22-5-3-17-31(29(22)37)27-8-4-18-36(27)32(28(31)21-11-15-24(34)16-12-21)25-6-1-2-7-26(25)35-30(32)38/h1-2,6-7,9-16,19,27-28H,3-5,8,17-18H2,(H,35,38)/b22-19+/t27-,28-,31+,32+/m0/s1. The maximum absolute atomic E-state index is 14.9. The summed E-state index contributed by atoms with van der Waals surface area (Å²) in [6.07, 6.45) is 6.51. The van der Waals surface area contributed by atoms with Crippen molar-refractivity contribution in [2.24, 2.45) is 5.41 Å². The summed E-state index contributed by atoms with van der Waals surface area (Å²) in [6, 6.07) is 24.6. The number of allylic oxidation sites excluding steroid dienone is 1. The second-order valence-electron chi connectivity index (χ2n) is 11.0. The monoisotopic (exact) mass is 630 g/mol. The van der Waals surface area contributed by atoms with Gasteiger partial charge >= 0.3 is 0 Å². The molecule has 1 amide bonds. The van der Waals surface area contributed by atoms with E-state index in [0.717, 1.165) is 75.5 Å². The topological polar surface area (TPSA) is 49.4 Å². The highest BCUT2D eigenvalue weighted by atomic mass is 79.9. The molecule has 3 aromatic carbocycles. The van der Waals surface area contributed by atoms with Crippen LogP contribution < -0.4 is 5.32 Å². The van der Waals surface area contributed by atoms with Gasteiger partial charge in [-0.3, -0.25) is 14.5 Å². The van der Waals surface area contributed by atoms with Crippen molar-refractivity contribution in [2.75, 3.05) is 11.9 Å². The number of carbonyl (C=O) groups excluding carboxylic acids is 2. The van der Waals surface area contributed by atoms with Crippen molar-refractivity contribution in [3.63, 3.8) is 0 Å². The van der Waals surface area contributed by atoms with Crippen LogP contribution in [0.2, 0.25) is 0 Å². The number of carbonyl (C=O) groups is 2. The Morgan fingerprint density at radius 3 is 2.37 bits per heavy atom. The third-order valence-corrected chi connectivity index (χ3v) is 10.4. The Balaban J connectivity index is 1.47. The number of fused-ring (bicyclic) bond motifs is 5. The number of halogens is 2. The van der Waals surface area contributed by atoms with Crippen molar-refractivity contribution >= 4 is 55.3 Å². The predicted molar refractivity (Wildman–Crippen MR) is 157 cm³/mol. The highest BCUT2D eigenvalue weighted by molar-refractivity contribution is 9.10. The molecule has 1 saturated carbocycles. The number of Topliss-reactive ketones (excluding diaryl/α,β-unsaturated/α-hetero) is 1. The zero-order chi connectivity index (χ0) is 26.1. The van der Waals surface area contributed by atoms with Gasteiger partial charge in [0.25, 0.3) is 0 Å². The Labute approximate surface area is 239 Å². The number of nitrogens with one attached hydrogen (secondary N) is 1. The molecule has 3 aromatic rings. The van der Waals surface area contributed by atoms with Crippen LogP contribution in [0.15, 0.2) is 87.3 Å². The molecular formula is C32H28Br2N2O2. The molecule has 1 N–H and O–H groups in total. The molecule has 0 radical (unpaired) electrons. The second kappa shape index (κ2) is 9.00. The van der Waals surface area contributed by atoms with Crippen LogP contribution in [-0.2, 0) is 15.1 Å². The zero-order valence-corrected chi connectivity index (χ0v) is 24.1. The SMILES string of the molecule is O=C1/C(=C/c2ccc(Br)cc2)CCC[C@]12[C@@H]1CCCN1[C@@]1(C(=O)Nc3ccccc31)[C@H]2c1ccc(Br)cc1. The minimum absolute atomic E-state index is 0.00667. The fraction of sp³-hybridized carbons (Fsp3) is 0.312. The molecule has 3 fully saturated rings. The first kappa shape index (κ1) is 24.5. The molecule has 7 rings (SSSR count). The molecule has 0 aromatic heterocycles. The Kier molecular flexibility index (Phi) is 5.80. The van der Waals surface area contributed by atoms with E-state index in [1.54, 1.807) is 0 Å². The number of amides is 1. The molecule has 2 spiro atoms. The van der Waals surface area contributed by atoms with Crippen molar-refractivity contribution in [1.29, 1.82) is 0 Å². The van der Waals surface area contributed by atoms with Crippen LogP contribution in [0.25, 0.3) is 6.08 Å². The lowest BCUT2D eigenvalue weighted by Crippen LogP contribution is -2.50. The summed E-state index contributed by atoms with van der Waals surface area (Å²) >= 11 is 7.12. The van der Waals surface area contributed by atoms with Crippen LogP contribution in [0.4, 0.5) is 5.69 Å². The molecule has 192 valence electrons. The van der Waals surface area contributed by atoms with E-state index < -0.39 is 11.0 Å². The van der Waals surface area contributed by atoms with Crippen molar-refractivity contribution in [3.05, 3.63) is 104 Å². The number of para-hydroxylation sites is 1. The lowest BCUT2D eigenvalue weighted by Gasteiger charge is -2.44. The van der Waals surface area contributed by atoms with E-state index in [4.69, 9.17) is 0 Å². The van der Waals surface area contributed by atoms with Crippen LogP contribution in [-0.4, -0.2) is 29.2 Å². The molecule has 3 heterocycles. The lowest BCUT2D eigenvalue weighted by molar-refractivity contribution is -0.129. The summed E-state index contributed by atoms with van der Waals surface area (Å²) in [5.74, 6) is -0.0454. The second-order valence-corrected chi connectivity index (χ2v) is 12.9. The van der Waals surface area contributed by atoms with Gasteiger partial charge in [0.15, 0.2) is 5.78 Å². The van der Waals surface area contributed by atoms with Gasteiger partial charge in [-0.1, -0.05) is 74.3 Å². The Bertz CT molecular complexity index is 1480. The lowest BCUT2D eigenvalue weighted by atomic mass is 9.55. The maximum Gasteiger partial charge on any atom is 0.250 e. The van der Waals surface area contributed by atoms with Crippen LogP contribution in [0.5, 0.6) is 0 Å². The van der Waals surface area contributed by atoms with Crippen LogP contribution in [0.1, 0.15) is 54.7 Å². The van der Waals surface area contributed by atoms with Gasteiger partial charge in [-0.15, -0.1) is 0 Å². The number of rotatable bonds is 2. The number of nitrogens with zero attached hydrogens (tertiary/aromatic N) is 1. The van der Waals surface area contributed by atoms with Gasteiger partial charge in [0, 0.05) is 32.2 Å². The molecule has 6 heteroatoms. The minimum Gasteiger partial charge on any atom is -0.324 e. The third-order valence-electron chi connectivity index (χ3n) is 9.33. The molecule has 4 aliphatic rings. The molecule has 3 aliphatic heterocycles. The Morgan fingerprint density at radius 1 is 0.895 bits per heavy atom. The first-order valence-electron chi connectivity index (χ1n) is 13.4. The molecule has 1 aliphatic carbocycles. The van der Waals surface area contributed by atoms with Crippen LogP contribution in [0.3, 0.4) is 0 Å². The third kappa shape index (κ3) is 3.29. The number of anilines is 1. The summed E-state index contributed by atoms with van der Waals surface area (Å²) in [7, 11) is 0. The number of hydrogen-bond acceptors (Lipinski definition) is 3. The zero-order valence-electron chi connectivity index (χ0n) is 20.9. The summed E-state index contributed by atoms with van der Waals surface area (Å²) in [5.41, 5.74) is 3.30. The van der Waals surface area contributed by atoms with Gasteiger partial charge in [-0.05, 0) is 91.8 Å². The fourth-order valence-electron chi connectivity index (χ4n) is 8.07. The van der Waals surface area contributed by atoms with Crippen molar-refractivity contribution in [2.45, 2.75) is 49.6 Å². The average Bonchev–Trinajstić information content (AvgIpc) is 3.58. The summed E-state index contributed by atoms with van der Waals surface area (Å²) < 4.78 is 2.01.